The van der Waals surface area contributed by atoms with E-state index in [1.807, 2.05) is 0 Å². The maximum Gasteiger partial charge on any atom is 0.138 e. The molecule has 0 bridgehead atoms. The highest BCUT2D eigenvalue weighted by molar-refractivity contribution is 5.95. The molecule has 1 aliphatic rings. The van der Waals surface area contributed by atoms with Crippen LogP contribution in [0.25, 0.3) is 0 Å². The Labute approximate surface area is 128 Å². The SMILES string of the molecule is C=CC1(CO)OC(c2ccc(C(C)=N)n2N=CC)C(O)C1O. The zero-order valence-corrected chi connectivity index (χ0v) is 12.6. The Hall–Kier alpha value is -1.80. The molecular weight excluding hydrogens is 286 g/mol. The van der Waals surface area contributed by atoms with E-state index in [1.54, 1.807) is 32.2 Å². The highest BCUT2D eigenvalue weighted by Crippen LogP contribution is 2.41. The van der Waals surface area contributed by atoms with Crippen molar-refractivity contribution in [2.24, 2.45) is 5.10 Å². The molecule has 4 N–H and O–H groups in total. The average molecular weight is 307 g/mol. The van der Waals surface area contributed by atoms with E-state index in [9.17, 15) is 15.3 Å². The lowest BCUT2D eigenvalue weighted by molar-refractivity contribution is -0.0800. The lowest BCUT2D eigenvalue weighted by Gasteiger charge is -2.25. The Bertz CT molecular complexity index is 610. The van der Waals surface area contributed by atoms with Crippen molar-refractivity contribution in [2.45, 2.75) is 37.8 Å². The lowest BCUT2D eigenvalue weighted by atomic mass is 9.95. The number of hydrogen-bond acceptors (Lipinski definition) is 6. The molecule has 22 heavy (non-hydrogen) atoms. The normalized spacial score (nSPS) is 31.8. The van der Waals surface area contributed by atoms with E-state index in [-0.39, 0.29) is 0 Å². The van der Waals surface area contributed by atoms with Crippen LogP contribution in [0.3, 0.4) is 0 Å². The minimum atomic E-state index is -1.42. The van der Waals surface area contributed by atoms with Crippen LogP contribution in [0, 0.1) is 5.41 Å². The predicted octanol–water partition coefficient (Wildman–Crippen LogP) is 0.440. The van der Waals surface area contributed by atoms with Crippen LogP contribution in [0.4, 0.5) is 0 Å². The van der Waals surface area contributed by atoms with E-state index in [4.69, 9.17) is 10.1 Å². The van der Waals surface area contributed by atoms with Gasteiger partial charge in [-0.05, 0) is 26.0 Å². The van der Waals surface area contributed by atoms with Crippen LogP contribution in [0.15, 0.2) is 29.9 Å². The van der Waals surface area contributed by atoms with Gasteiger partial charge in [-0.1, -0.05) is 6.08 Å². The Morgan fingerprint density at radius 3 is 2.68 bits per heavy atom. The van der Waals surface area contributed by atoms with E-state index in [1.165, 1.54) is 10.8 Å². The van der Waals surface area contributed by atoms with Gasteiger partial charge in [0.05, 0.1) is 23.7 Å². The van der Waals surface area contributed by atoms with Crippen molar-refractivity contribution < 1.29 is 20.1 Å². The van der Waals surface area contributed by atoms with Crippen LogP contribution < -0.4 is 0 Å². The Morgan fingerprint density at radius 1 is 1.55 bits per heavy atom. The summed E-state index contributed by atoms with van der Waals surface area (Å²) in [5.74, 6) is 0. The molecule has 2 rings (SSSR count). The van der Waals surface area contributed by atoms with Crippen molar-refractivity contribution in [3.05, 3.63) is 36.2 Å². The van der Waals surface area contributed by atoms with Crippen LogP contribution in [-0.4, -0.2) is 56.3 Å². The van der Waals surface area contributed by atoms with Gasteiger partial charge in [0.15, 0.2) is 0 Å². The van der Waals surface area contributed by atoms with E-state index < -0.39 is 30.5 Å². The van der Waals surface area contributed by atoms with Crippen LogP contribution in [-0.2, 0) is 4.74 Å². The molecule has 0 radical (unpaired) electrons. The molecule has 1 aromatic heterocycles. The second-order valence-electron chi connectivity index (χ2n) is 5.24. The third-order valence-corrected chi connectivity index (χ3v) is 3.86. The first-order valence-corrected chi connectivity index (χ1v) is 6.96. The third kappa shape index (κ3) is 2.42. The molecule has 4 unspecified atom stereocenters. The van der Waals surface area contributed by atoms with Crippen LogP contribution >= 0.6 is 0 Å². The van der Waals surface area contributed by atoms with Gasteiger partial charge >= 0.3 is 0 Å². The molecule has 0 aromatic carbocycles. The minimum Gasteiger partial charge on any atom is -0.393 e. The Kier molecular flexibility index (Phi) is 4.62. The molecule has 0 saturated carbocycles. The summed E-state index contributed by atoms with van der Waals surface area (Å²) < 4.78 is 7.19. The van der Waals surface area contributed by atoms with Crippen molar-refractivity contribution in [2.75, 3.05) is 6.61 Å². The zero-order chi connectivity index (χ0) is 16.5. The molecule has 2 heterocycles. The van der Waals surface area contributed by atoms with Crippen molar-refractivity contribution in [1.29, 1.82) is 5.41 Å². The van der Waals surface area contributed by atoms with Gasteiger partial charge in [-0.25, -0.2) is 4.68 Å². The summed E-state index contributed by atoms with van der Waals surface area (Å²) in [7, 11) is 0. The third-order valence-electron chi connectivity index (χ3n) is 3.86. The fraction of sp³-hybridized carbons (Fsp3) is 0.467. The quantitative estimate of drug-likeness (QED) is 0.467. The van der Waals surface area contributed by atoms with Gasteiger partial charge in [0.25, 0.3) is 0 Å². The van der Waals surface area contributed by atoms with Crippen LogP contribution in [0.5, 0.6) is 0 Å². The van der Waals surface area contributed by atoms with Gasteiger partial charge in [-0.2, -0.15) is 5.10 Å². The molecule has 4 atom stereocenters. The summed E-state index contributed by atoms with van der Waals surface area (Å²) in [4.78, 5) is 0. The predicted molar refractivity (Wildman–Crippen MR) is 82.4 cm³/mol. The zero-order valence-electron chi connectivity index (χ0n) is 12.6. The summed E-state index contributed by atoms with van der Waals surface area (Å²) in [6, 6.07) is 3.37. The van der Waals surface area contributed by atoms with Gasteiger partial charge < -0.3 is 25.5 Å². The Balaban J connectivity index is 2.49. The molecular formula is C15H21N3O4. The maximum atomic E-state index is 10.3. The number of nitrogens with one attached hydrogen (secondary N) is 1. The largest absolute Gasteiger partial charge is 0.393 e. The standard InChI is InChI=1S/C15H21N3O4/c1-4-15(8-19)14(21)12(20)13(22-15)11-7-6-10(9(3)16)18(11)17-5-2/h4-7,12-14,16,19-21H,1,8H2,2-3H3. The number of aliphatic hydroxyl groups is 3. The van der Waals surface area contributed by atoms with Gasteiger partial charge in [0, 0.05) is 6.21 Å². The van der Waals surface area contributed by atoms with Crippen molar-refractivity contribution in [3.63, 3.8) is 0 Å². The fourth-order valence-electron chi connectivity index (χ4n) is 2.62. The number of aromatic nitrogens is 1. The molecule has 1 aliphatic heterocycles. The highest BCUT2D eigenvalue weighted by Gasteiger charge is 2.53. The molecule has 7 nitrogen and oxygen atoms in total. The molecule has 120 valence electrons. The van der Waals surface area contributed by atoms with Crippen molar-refractivity contribution in [3.8, 4) is 0 Å². The lowest BCUT2D eigenvalue weighted by Crippen LogP contribution is -2.44. The summed E-state index contributed by atoms with van der Waals surface area (Å²) in [5, 5.41) is 41.9. The fourth-order valence-corrected chi connectivity index (χ4v) is 2.62. The molecule has 1 saturated heterocycles. The highest BCUT2D eigenvalue weighted by atomic mass is 16.6. The Morgan fingerprint density at radius 2 is 2.23 bits per heavy atom. The summed E-state index contributed by atoms with van der Waals surface area (Å²) in [6.07, 6.45) is -0.597. The first-order chi connectivity index (χ1) is 10.4. The van der Waals surface area contributed by atoms with E-state index in [2.05, 4.69) is 11.7 Å². The topological polar surface area (TPSA) is 111 Å². The second-order valence-corrected chi connectivity index (χ2v) is 5.24. The maximum absolute atomic E-state index is 10.3. The monoisotopic (exact) mass is 307 g/mol. The molecule has 7 heteroatoms. The van der Waals surface area contributed by atoms with Crippen LogP contribution in [0.1, 0.15) is 31.3 Å². The number of nitrogens with zero attached hydrogens (tertiary/aromatic N) is 2. The first-order valence-electron chi connectivity index (χ1n) is 6.96. The number of aliphatic hydroxyl groups excluding tert-OH is 3. The average Bonchev–Trinajstić information content (AvgIpc) is 3.02. The van der Waals surface area contributed by atoms with Crippen LogP contribution in [0.2, 0.25) is 0 Å². The summed E-state index contributed by atoms with van der Waals surface area (Å²) in [5.41, 5.74) is -0.0708. The molecule has 0 amide bonds. The molecule has 1 aromatic rings. The van der Waals surface area contributed by atoms with Gasteiger partial charge in [0.2, 0.25) is 0 Å². The molecule has 0 aliphatic carbocycles. The number of hydrogen-bond donors (Lipinski definition) is 4. The summed E-state index contributed by atoms with van der Waals surface area (Å²) >= 11 is 0. The van der Waals surface area contributed by atoms with E-state index in [0.717, 1.165) is 0 Å². The molecule has 1 fully saturated rings. The minimum absolute atomic E-state index is 0.307. The number of rotatable bonds is 5. The first kappa shape index (κ1) is 16.6. The second kappa shape index (κ2) is 6.13. The van der Waals surface area contributed by atoms with Crippen molar-refractivity contribution >= 4 is 11.9 Å². The molecule has 0 spiro atoms. The van der Waals surface area contributed by atoms with Crippen molar-refractivity contribution in [1.82, 2.24) is 4.68 Å². The van der Waals surface area contributed by atoms with E-state index in [0.29, 0.717) is 17.1 Å². The van der Waals surface area contributed by atoms with Gasteiger partial charge in [-0.3, -0.25) is 0 Å². The van der Waals surface area contributed by atoms with E-state index >= 15 is 0 Å². The number of ether oxygens (including phenoxy) is 1. The van der Waals surface area contributed by atoms with Gasteiger partial charge in [0.1, 0.15) is 23.9 Å². The smallest absolute Gasteiger partial charge is 0.138 e. The van der Waals surface area contributed by atoms with Gasteiger partial charge in [-0.15, -0.1) is 6.58 Å². The summed E-state index contributed by atoms with van der Waals surface area (Å²) in [6.45, 7) is 6.42.